The number of tetrazole rings is 1. The molecule has 0 aliphatic carbocycles. The zero-order valence-corrected chi connectivity index (χ0v) is 12.7. The highest BCUT2D eigenvalue weighted by Gasteiger charge is 2.29. The molecular formula is C16H12F3N5O. The number of carbonyl (C=O) groups excluding carboxylic acids is 1. The molecule has 0 unspecified atom stereocenters. The highest BCUT2D eigenvalue weighted by Crippen LogP contribution is 2.29. The second-order valence-corrected chi connectivity index (χ2v) is 5.22. The van der Waals surface area contributed by atoms with E-state index in [0.717, 1.165) is 17.8 Å². The Hall–Kier alpha value is -3.23. The van der Waals surface area contributed by atoms with Crippen molar-refractivity contribution in [2.45, 2.75) is 12.6 Å². The van der Waals surface area contributed by atoms with Gasteiger partial charge in [0, 0.05) is 5.69 Å². The van der Waals surface area contributed by atoms with Crippen LogP contribution in [0.3, 0.4) is 0 Å². The van der Waals surface area contributed by atoms with Crippen LogP contribution in [0.5, 0.6) is 0 Å². The van der Waals surface area contributed by atoms with Crippen LogP contribution in [0.25, 0.3) is 5.69 Å². The van der Waals surface area contributed by atoms with Crippen molar-refractivity contribution in [3.05, 3.63) is 66.0 Å². The second kappa shape index (κ2) is 6.71. The molecule has 25 heavy (non-hydrogen) atoms. The lowest BCUT2D eigenvalue weighted by Gasteiger charge is -2.08. The monoisotopic (exact) mass is 347 g/mol. The van der Waals surface area contributed by atoms with Gasteiger partial charge in [0.2, 0.25) is 5.91 Å². The molecule has 6 nitrogen and oxygen atoms in total. The number of nitrogens with one attached hydrogen (secondary N) is 1. The largest absolute Gasteiger partial charge is 0.416 e. The first-order chi connectivity index (χ1) is 11.9. The topological polar surface area (TPSA) is 72.7 Å². The van der Waals surface area contributed by atoms with Gasteiger partial charge in [-0.3, -0.25) is 4.79 Å². The van der Waals surface area contributed by atoms with Crippen molar-refractivity contribution >= 4 is 11.6 Å². The van der Waals surface area contributed by atoms with E-state index in [1.54, 1.807) is 24.3 Å². The quantitative estimate of drug-likeness (QED) is 0.788. The summed E-state index contributed by atoms with van der Waals surface area (Å²) in [6.45, 7) is 0. The van der Waals surface area contributed by atoms with Gasteiger partial charge >= 0.3 is 6.18 Å². The van der Waals surface area contributed by atoms with Crippen molar-refractivity contribution in [3.8, 4) is 5.69 Å². The molecule has 2 aromatic carbocycles. The van der Waals surface area contributed by atoms with E-state index in [4.69, 9.17) is 0 Å². The van der Waals surface area contributed by atoms with Crippen molar-refractivity contribution in [2.75, 3.05) is 5.32 Å². The number of hydrogen-bond acceptors (Lipinski definition) is 4. The van der Waals surface area contributed by atoms with Crippen LogP contribution < -0.4 is 5.32 Å². The summed E-state index contributed by atoms with van der Waals surface area (Å²) in [5, 5.41) is 13.5. The van der Waals surface area contributed by atoms with Crippen LogP contribution >= 0.6 is 0 Å². The van der Waals surface area contributed by atoms with E-state index in [2.05, 4.69) is 20.8 Å². The van der Waals surface area contributed by atoms with Gasteiger partial charge in [0.15, 0.2) is 0 Å². The standard InChI is InChI=1S/C16H12F3N5O/c17-16(18,19)12-3-1-11(2-4-12)9-15(25)21-13-5-7-14(8-6-13)24-10-20-22-23-24/h1-8,10H,9H2,(H,21,25). The maximum Gasteiger partial charge on any atom is 0.416 e. The highest BCUT2D eigenvalue weighted by atomic mass is 19.4. The average Bonchev–Trinajstić information content (AvgIpc) is 3.09. The molecular weight excluding hydrogens is 335 g/mol. The number of halogens is 3. The first-order valence-electron chi connectivity index (χ1n) is 7.21. The van der Waals surface area contributed by atoms with Gasteiger partial charge in [-0.05, 0) is 52.4 Å². The fourth-order valence-electron chi connectivity index (χ4n) is 2.18. The smallest absolute Gasteiger partial charge is 0.326 e. The van der Waals surface area contributed by atoms with Crippen molar-refractivity contribution in [1.29, 1.82) is 0 Å². The SMILES string of the molecule is O=C(Cc1ccc(C(F)(F)F)cc1)Nc1ccc(-n2cnnn2)cc1. The molecule has 3 rings (SSSR count). The minimum atomic E-state index is -4.39. The van der Waals surface area contributed by atoms with E-state index in [9.17, 15) is 18.0 Å². The molecule has 128 valence electrons. The zero-order valence-electron chi connectivity index (χ0n) is 12.7. The predicted octanol–water partition coefficient (Wildman–Crippen LogP) is 2.86. The van der Waals surface area contributed by atoms with Gasteiger partial charge in [-0.2, -0.15) is 13.2 Å². The van der Waals surface area contributed by atoms with E-state index < -0.39 is 11.7 Å². The third-order valence-electron chi connectivity index (χ3n) is 3.41. The minimum Gasteiger partial charge on any atom is -0.326 e. The van der Waals surface area contributed by atoms with Gasteiger partial charge in [-0.1, -0.05) is 12.1 Å². The lowest BCUT2D eigenvalue weighted by molar-refractivity contribution is -0.137. The van der Waals surface area contributed by atoms with Crippen LogP contribution in [0.2, 0.25) is 0 Å². The molecule has 0 radical (unpaired) electrons. The summed E-state index contributed by atoms with van der Waals surface area (Å²) in [7, 11) is 0. The summed E-state index contributed by atoms with van der Waals surface area (Å²) in [5.74, 6) is -0.324. The molecule has 1 amide bonds. The number of benzene rings is 2. The van der Waals surface area contributed by atoms with Gasteiger partial charge < -0.3 is 5.32 Å². The zero-order chi connectivity index (χ0) is 17.9. The molecule has 1 aromatic heterocycles. The van der Waals surface area contributed by atoms with Gasteiger partial charge in [-0.15, -0.1) is 5.10 Å². The Morgan fingerprint density at radius 1 is 1.04 bits per heavy atom. The summed E-state index contributed by atoms with van der Waals surface area (Å²) < 4.78 is 39.0. The van der Waals surface area contributed by atoms with E-state index in [1.807, 2.05) is 0 Å². The van der Waals surface area contributed by atoms with E-state index >= 15 is 0 Å². The third-order valence-corrected chi connectivity index (χ3v) is 3.41. The Labute approximate surface area is 140 Å². The molecule has 0 saturated heterocycles. The number of rotatable bonds is 4. The number of amides is 1. The molecule has 1 heterocycles. The maximum absolute atomic E-state index is 12.5. The summed E-state index contributed by atoms with van der Waals surface area (Å²) in [4.78, 5) is 12.0. The molecule has 0 bridgehead atoms. The van der Waals surface area contributed by atoms with Gasteiger partial charge in [0.05, 0.1) is 17.7 Å². The normalized spacial score (nSPS) is 11.3. The molecule has 3 aromatic rings. The number of hydrogen-bond donors (Lipinski definition) is 1. The fraction of sp³-hybridized carbons (Fsp3) is 0.125. The van der Waals surface area contributed by atoms with Gasteiger partial charge in [-0.25, -0.2) is 4.68 Å². The Kier molecular flexibility index (Phi) is 4.46. The minimum absolute atomic E-state index is 0.0209. The van der Waals surface area contributed by atoms with Crippen molar-refractivity contribution in [3.63, 3.8) is 0 Å². The third kappa shape index (κ3) is 4.19. The van der Waals surface area contributed by atoms with Crippen LogP contribution in [0.1, 0.15) is 11.1 Å². The molecule has 0 aliphatic heterocycles. The first-order valence-corrected chi connectivity index (χ1v) is 7.21. The number of alkyl halides is 3. The number of nitrogens with zero attached hydrogens (tertiary/aromatic N) is 4. The second-order valence-electron chi connectivity index (χ2n) is 5.22. The van der Waals surface area contributed by atoms with Crippen LogP contribution in [0, 0.1) is 0 Å². The maximum atomic E-state index is 12.5. The van der Waals surface area contributed by atoms with Crippen molar-refractivity contribution in [2.24, 2.45) is 0 Å². The summed E-state index contributed by atoms with van der Waals surface area (Å²) >= 11 is 0. The molecule has 0 saturated carbocycles. The van der Waals surface area contributed by atoms with Crippen molar-refractivity contribution < 1.29 is 18.0 Å². The number of aromatic nitrogens is 4. The molecule has 0 spiro atoms. The lowest BCUT2D eigenvalue weighted by Crippen LogP contribution is -2.14. The van der Waals surface area contributed by atoms with Gasteiger partial charge in [0.1, 0.15) is 6.33 Å². The van der Waals surface area contributed by atoms with Crippen LogP contribution in [-0.4, -0.2) is 26.1 Å². The molecule has 9 heteroatoms. The van der Waals surface area contributed by atoms with Crippen molar-refractivity contribution in [1.82, 2.24) is 20.2 Å². The first kappa shape index (κ1) is 16.6. The van der Waals surface area contributed by atoms with E-state index in [1.165, 1.54) is 23.1 Å². The number of anilines is 1. The number of carbonyl (C=O) groups is 1. The highest BCUT2D eigenvalue weighted by molar-refractivity contribution is 5.92. The summed E-state index contributed by atoms with van der Waals surface area (Å²) in [5.41, 5.74) is 1.05. The Morgan fingerprint density at radius 2 is 1.72 bits per heavy atom. The van der Waals surface area contributed by atoms with E-state index in [0.29, 0.717) is 11.3 Å². The Bertz CT molecular complexity index is 843. The molecule has 0 fully saturated rings. The van der Waals surface area contributed by atoms with Crippen LogP contribution in [0.4, 0.5) is 18.9 Å². The Morgan fingerprint density at radius 3 is 2.28 bits per heavy atom. The van der Waals surface area contributed by atoms with Crippen LogP contribution in [0.15, 0.2) is 54.9 Å². The van der Waals surface area contributed by atoms with E-state index in [-0.39, 0.29) is 12.3 Å². The Balaban J connectivity index is 1.61. The molecule has 0 atom stereocenters. The molecule has 0 aliphatic rings. The lowest BCUT2D eigenvalue weighted by atomic mass is 10.1. The van der Waals surface area contributed by atoms with Crippen LogP contribution in [-0.2, 0) is 17.4 Å². The summed E-state index contributed by atoms with van der Waals surface area (Å²) in [6.07, 6.45) is -2.97. The predicted molar refractivity (Wildman–Crippen MR) is 82.9 cm³/mol. The van der Waals surface area contributed by atoms with Gasteiger partial charge in [0.25, 0.3) is 0 Å². The molecule has 1 N–H and O–H groups in total. The average molecular weight is 347 g/mol. The summed E-state index contributed by atoms with van der Waals surface area (Å²) in [6, 6.07) is 11.3. The fourth-order valence-corrected chi connectivity index (χ4v) is 2.18.